The van der Waals surface area contributed by atoms with Crippen LogP contribution in [-0.2, 0) is 0 Å². The summed E-state index contributed by atoms with van der Waals surface area (Å²) in [5.74, 6) is 0.527. The second kappa shape index (κ2) is 5.71. The fourth-order valence-corrected chi connectivity index (χ4v) is 3.70. The lowest BCUT2D eigenvalue weighted by Crippen LogP contribution is -2.21. The van der Waals surface area contributed by atoms with E-state index in [4.69, 9.17) is 5.73 Å². The highest BCUT2D eigenvalue weighted by Crippen LogP contribution is 2.40. The number of rotatable bonds is 3. The molecule has 1 unspecified atom stereocenters. The number of amides is 1. The van der Waals surface area contributed by atoms with E-state index in [2.05, 4.69) is 17.9 Å². The molecule has 1 fully saturated rings. The minimum absolute atomic E-state index is 0.138. The molecular formula is C14H20N4OS. The molecule has 0 saturated carbocycles. The van der Waals surface area contributed by atoms with E-state index in [9.17, 15) is 10.1 Å². The normalized spacial score (nSPS) is 18.1. The van der Waals surface area contributed by atoms with Gasteiger partial charge in [0.1, 0.15) is 21.5 Å². The van der Waals surface area contributed by atoms with Gasteiger partial charge in [-0.2, -0.15) is 5.26 Å². The predicted octanol–water partition coefficient (Wildman–Crippen LogP) is 2.14. The highest BCUT2D eigenvalue weighted by Gasteiger charge is 2.29. The van der Waals surface area contributed by atoms with E-state index in [1.807, 2.05) is 0 Å². The number of nitrogens with zero attached hydrogens (tertiary/aromatic N) is 3. The minimum Gasteiger partial charge on any atom is -0.396 e. The molecule has 6 heteroatoms. The highest BCUT2D eigenvalue weighted by atomic mass is 32.1. The third-order valence-corrected chi connectivity index (χ3v) is 5.04. The highest BCUT2D eigenvalue weighted by molar-refractivity contribution is 7.19. The van der Waals surface area contributed by atoms with Gasteiger partial charge in [0.25, 0.3) is 5.91 Å². The van der Waals surface area contributed by atoms with Gasteiger partial charge in [0.15, 0.2) is 0 Å². The lowest BCUT2D eigenvalue weighted by atomic mass is 10.1. The Hall–Kier alpha value is -1.74. The third kappa shape index (κ3) is 2.46. The number of hydrogen-bond donors (Lipinski definition) is 1. The minimum atomic E-state index is -0.138. The van der Waals surface area contributed by atoms with E-state index in [0.29, 0.717) is 22.0 Å². The van der Waals surface area contributed by atoms with Crippen molar-refractivity contribution < 1.29 is 4.79 Å². The van der Waals surface area contributed by atoms with Crippen LogP contribution in [0.3, 0.4) is 0 Å². The van der Waals surface area contributed by atoms with Crippen molar-refractivity contribution in [3.8, 4) is 6.07 Å². The predicted molar refractivity (Wildman–Crippen MR) is 82.1 cm³/mol. The van der Waals surface area contributed by atoms with Gasteiger partial charge in [-0.15, -0.1) is 11.3 Å². The number of anilines is 2. The van der Waals surface area contributed by atoms with Gasteiger partial charge in [0.2, 0.25) is 0 Å². The first-order valence-corrected chi connectivity index (χ1v) is 7.60. The average molecular weight is 292 g/mol. The van der Waals surface area contributed by atoms with E-state index >= 15 is 0 Å². The summed E-state index contributed by atoms with van der Waals surface area (Å²) < 4.78 is 0. The third-order valence-electron chi connectivity index (χ3n) is 3.79. The molecule has 1 aliphatic heterocycles. The maximum atomic E-state index is 12.1. The Morgan fingerprint density at radius 2 is 2.30 bits per heavy atom. The Balaban J connectivity index is 2.37. The molecule has 1 aromatic rings. The molecule has 0 spiro atoms. The zero-order valence-corrected chi connectivity index (χ0v) is 13.0. The van der Waals surface area contributed by atoms with Gasteiger partial charge >= 0.3 is 0 Å². The maximum Gasteiger partial charge on any atom is 0.265 e. The van der Waals surface area contributed by atoms with Crippen molar-refractivity contribution >= 4 is 27.9 Å². The quantitative estimate of drug-likeness (QED) is 0.926. The molecule has 0 radical (unpaired) electrons. The number of carbonyl (C=O) groups is 1. The van der Waals surface area contributed by atoms with E-state index in [1.54, 1.807) is 14.1 Å². The van der Waals surface area contributed by atoms with Crippen molar-refractivity contribution in [3.63, 3.8) is 0 Å². The van der Waals surface area contributed by atoms with Gasteiger partial charge in [0.05, 0.1) is 5.69 Å². The lowest BCUT2D eigenvalue weighted by Gasteiger charge is -2.16. The van der Waals surface area contributed by atoms with Gasteiger partial charge in [-0.3, -0.25) is 4.79 Å². The molecule has 1 atom stereocenters. The first-order valence-electron chi connectivity index (χ1n) is 6.78. The van der Waals surface area contributed by atoms with Crippen LogP contribution in [0.5, 0.6) is 0 Å². The number of nitrogens with two attached hydrogens (primary N) is 1. The maximum absolute atomic E-state index is 12.1. The van der Waals surface area contributed by atoms with Gasteiger partial charge < -0.3 is 15.5 Å². The van der Waals surface area contributed by atoms with Crippen LogP contribution in [0.15, 0.2) is 0 Å². The number of nitrogen functional groups attached to an aromatic ring is 1. The second-order valence-corrected chi connectivity index (χ2v) is 6.34. The van der Waals surface area contributed by atoms with E-state index in [1.165, 1.54) is 16.2 Å². The molecule has 1 aromatic heterocycles. The molecule has 1 saturated heterocycles. The summed E-state index contributed by atoms with van der Waals surface area (Å²) >= 11 is 1.34. The Kier molecular flexibility index (Phi) is 4.19. The summed E-state index contributed by atoms with van der Waals surface area (Å²) in [5, 5.41) is 10.2. The largest absolute Gasteiger partial charge is 0.396 e. The molecule has 20 heavy (non-hydrogen) atoms. The Bertz CT molecular complexity index is 558. The van der Waals surface area contributed by atoms with Crippen LogP contribution in [0.2, 0.25) is 0 Å². The standard InChI is InChI=1S/C14H20N4OS/c1-4-9-5-6-18(8-9)14-10(7-15)11(16)12(20-14)13(19)17(2)3/h9H,4-6,8,16H2,1-3H3. The number of nitriles is 1. The fourth-order valence-electron chi connectivity index (χ4n) is 2.47. The van der Waals surface area contributed by atoms with Crippen LogP contribution >= 0.6 is 11.3 Å². The monoisotopic (exact) mass is 292 g/mol. The first kappa shape index (κ1) is 14.7. The molecule has 2 heterocycles. The van der Waals surface area contributed by atoms with Crippen molar-refractivity contribution in [2.75, 3.05) is 37.8 Å². The summed E-state index contributed by atoms with van der Waals surface area (Å²) in [6.45, 7) is 4.06. The van der Waals surface area contributed by atoms with Crippen LogP contribution in [0.4, 0.5) is 10.7 Å². The SMILES string of the molecule is CCC1CCN(c2sc(C(=O)N(C)C)c(N)c2C#N)C1. The molecule has 0 bridgehead atoms. The Morgan fingerprint density at radius 1 is 1.60 bits per heavy atom. The van der Waals surface area contributed by atoms with Crippen LogP contribution in [-0.4, -0.2) is 38.0 Å². The Labute approximate surface area is 123 Å². The van der Waals surface area contributed by atoms with Crippen molar-refractivity contribution in [3.05, 3.63) is 10.4 Å². The van der Waals surface area contributed by atoms with Crippen molar-refractivity contribution in [1.82, 2.24) is 4.90 Å². The van der Waals surface area contributed by atoms with Gasteiger partial charge in [0, 0.05) is 27.2 Å². The topological polar surface area (TPSA) is 73.4 Å². The molecule has 2 N–H and O–H groups in total. The van der Waals surface area contributed by atoms with Crippen molar-refractivity contribution in [2.45, 2.75) is 19.8 Å². The number of thiophene rings is 1. The summed E-state index contributed by atoms with van der Waals surface area (Å²) in [6, 6.07) is 2.16. The summed E-state index contributed by atoms with van der Waals surface area (Å²) in [6.07, 6.45) is 2.28. The second-order valence-electron chi connectivity index (χ2n) is 5.35. The summed E-state index contributed by atoms with van der Waals surface area (Å²) in [7, 11) is 3.38. The zero-order chi connectivity index (χ0) is 14.9. The van der Waals surface area contributed by atoms with E-state index in [0.717, 1.165) is 30.9 Å². The molecule has 1 aliphatic rings. The van der Waals surface area contributed by atoms with Crippen LogP contribution in [0.25, 0.3) is 0 Å². The molecule has 2 rings (SSSR count). The van der Waals surface area contributed by atoms with Gasteiger partial charge in [-0.1, -0.05) is 13.3 Å². The molecule has 5 nitrogen and oxygen atoms in total. The van der Waals surface area contributed by atoms with Crippen LogP contribution in [0.1, 0.15) is 35.0 Å². The molecule has 1 amide bonds. The van der Waals surface area contributed by atoms with Gasteiger partial charge in [-0.25, -0.2) is 0 Å². The van der Waals surface area contributed by atoms with Crippen LogP contribution < -0.4 is 10.6 Å². The van der Waals surface area contributed by atoms with Gasteiger partial charge in [-0.05, 0) is 12.3 Å². The number of carbonyl (C=O) groups excluding carboxylic acids is 1. The molecule has 0 aliphatic carbocycles. The lowest BCUT2D eigenvalue weighted by molar-refractivity contribution is 0.0833. The zero-order valence-electron chi connectivity index (χ0n) is 12.1. The average Bonchev–Trinajstić information content (AvgIpc) is 3.01. The molecule has 108 valence electrons. The molecule has 0 aromatic carbocycles. The molecular weight excluding hydrogens is 272 g/mol. The van der Waals surface area contributed by atoms with E-state index < -0.39 is 0 Å². The van der Waals surface area contributed by atoms with Crippen LogP contribution in [0, 0.1) is 17.2 Å². The van der Waals surface area contributed by atoms with Crippen molar-refractivity contribution in [1.29, 1.82) is 5.26 Å². The summed E-state index contributed by atoms with van der Waals surface area (Å²) in [4.78, 5) is 16.3. The fraction of sp³-hybridized carbons (Fsp3) is 0.571. The van der Waals surface area contributed by atoms with Crippen molar-refractivity contribution in [2.24, 2.45) is 5.92 Å². The first-order chi connectivity index (χ1) is 9.49. The smallest absolute Gasteiger partial charge is 0.265 e. The number of hydrogen-bond acceptors (Lipinski definition) is 5. The Morgan fingerprint density at radius 3 is 2.80 bits per heavy atom. The van der Waals surface area contributed by atoms with E-state index in [-0.39, 0.29) is 5.91 Å². The summed E-state index contributed by atoms with van der Waals surface area (Å²) in [5.41, 5.74) is 6.78.